The first-order chi connectivity index (χ1) is 7.86. The number of hydrogen-bond donors (Lipinski definition) is 0. The molecule has 1 saturated carbocycles. The molecule has 91 valence electrons. The molecule has 4 heteroatoms. The second-order valence-corrected chi connectivity index (χ2v) is 3.87. The Morgan fingerprint density at radius 3 is 1.94 bits per heavy atom. The second kappa shape index (κ2) is 11.6. The molecule has 17 heavy (non-hydrogen) atoms. The van der Waals surface area contributed by atoms with Gasteiger partial charge in [0.25, 0.3) is 0 Å². The Bertz CT molecular complexity index is 155. The second-order valence-electron chi connectivity index (χ2n) is 3.87. The van der Waals surface area contributed by atoms with Gasteiger partial charge in [0.05, 0.1) is 13.2 Å². The molecule has 0 atom stereocenters. The third-order valence-electron chi connectivity index (χ3n) is 2.67. The van der Waals surface area contributed by atoms with Crippen molar-refractivity contribution in [1.82, 2.24) is 4.90 Å². The van der Waals surface area contributed by atoms with Crippen LogP contribution in [0.3, 0.4) is 0 Å². The maximum absolute atomic E-state index is 5.11. The Labute approximate surface area is 118 Å². The Morgan fingerprint density at radius 1 is 0.941 bits per heavy atom. The average molecular weight is 231 g/mol. The summed E-state index contributed by atoms with van der Waals surface area (Å²) in [6.07, 6.45) is 9.62. The van der Waals surface area contributed by atoms with E-state index in [1.54, 1.807) is 14.2 Å². The van der Waals surface area contributed by atoms with E-state index in [9.17, 15) is 0 Å². The van der Waals surface area contributed by atoms with Crippen molar-refractivity contribution in [2.24, 2.45) is 0 Å². The summed E-state index contributed by atoms with van der Waals surface area (Å²) < 4.78 is 10.2. The average Bonchev–Trinajstić information content (AvgIpc) is 2.81. The number of nitrogens with zero attached hydrogens (tertiary/aromatic N) is 1. The first kappa shape index (κ1) is 17.5. The summed E-state index contributed by atoms with van der Waals surface area (Å²) in [4.78, 5) is 2.38. The van der Waals surface area contributed by atoms with E-state index in [1.165, 1.54) is 5.92 Å². The van der Waals surface area contributed by atoms with Gasteiger partial charge in [-0.05, 0) is 44.6 Å². The smallest absolute Gasteiger partial charge is 0.383 e. The predicted molar refractivity (Wildman–Crippen MR) is 65.3 cm³/mol. The van der Waals surface area contributed by atoms with Crippen LogP contribution < -0.4 is 18.9 Å². The van der Waals surface area contributed by atoms with E-state index in [1.807, 2.05) is 0 Å². The zero-order chi connectivity index (χ0) is 11.6. The molecule has 3 nitrogen and oxygen atoms in total. The van der Waals surface area contributed by atoms with E-state index in [4.69, 9.17) is 9.47 Å². The van der Waals surface area contributed by atoms with Crippen LogP contribution in [0.25, 0.3) is 0 Å². The number of hydrogen-bond acceptors (Lipinski definition) is 3. The molecule has 1 aliphatic rings. The van der Waals surface area contributed by atoms with Crippen LogP contribution in [0.1, 0.15) is 6.42 Å². The number of methoxy groups -OCH3 is 2. The van der Waals surface area contributed by atoms with E-state index >= 15 is 0 Å². The summed E-state index contributed by atoms with van der Waals surface area (Å²) in [7, 11) is 3.48. The maximum Gasteiger partial charge on any atom is 1.00 e. The fourth-order valence-electron chi connectivity index (χ4n) is 1.64. The monoisotopic (exact) mass is 231 g/mol. The standard InChI is InChI=1S/C13H22NO2.Li/c1-15-11-9-14(10-12-16-2)8-7-13-5-3-4-6-13;/h3-6H,7-12H2,1-2H3;/q;+1. The third kappa shape index (κ3) is 8.24. The molecule has 5 radical (unpaired) electrons. The topological polar surface area (TPSA) is 21.7 Å². The van der Waals surface area contributed by atoms with Gasteiger partial charge in [-0.15, -0.1) is 0 Å². The van der Waals surface area contributed by atoms with Gasteiger partial charge >= 0.3 is 18.9 Å². The van der Waals surface area contributed by atoms with Crippen LogP contribution in [0.15, 0.2) is 0 Å². The minimum atomic E-state index is 0. The molecular weight excluding hydrogens is 209 g/mol. The molecule has 0 heterocycles. The van der Waals surface area contributed by atoms with Crippen molar-refractivity contribution in [3.8, 4) is 0 Å². The van der Waals surface area contributed by atoms with Crippen molar-refractivity contribution in [3.63, 3.8) is 0 Å². The maximum atomic E-state index is 5.11. The van der Waals surface area contributed by atoms with Crippen molar-refractivity contribution < 1.29 is 28.3 Å². The largest absolute Gasteiger partial charge is 1.00 e. The quantitative estimate of drug-likeness (QED) is 0.445. The van der Waals surface area contributed by atoms with Gasteiger partial charge in [0, 0.05) is 27.3 Å². The minimum absolute atomic E-state index is 0. The zero-order valence-corrected chi connectivity index (χ0v) is 11.3. The summed E-state index contributed by atoms with van der Waals surface area (Å²) in [6.45, 7) is 4.58. The van der Waals surface area contributed by atoms with Gasteiger partial charge in [-0.3, -0.25) is 4.90 Å². The summed E-state index contributed by atoms with van der Waals surface area (Å²) in [5.74, 6) is 1.40. The third-order valence-corrected chi connectivity index (χ3v) is 2.67. The summed E-state index contributed by atoms with van der Waals surface area (Å²) >= 11 is 0. The van der Waals surface area contributed by atoms with Crippen molar-refractivity contribution in [2.45, 2.75) is 6.42 Å². The molecule has 0 unspecified atom stereocenters. The first-order valence-electron chi connectivity index (χ1n) is 5.77. The fraction of sp³-hybridized carbons (Fsp3) is 0.615. The SMILES string of the molecule is COCCN(CCOC)CC[C]1[CH][CH][CH][CH]1.[Li+]. The zero-order valence-electron chi connectivity index (χ0n) is 11.3. The van der Waals surface area contributed by atoms with Crippen LogP contribution in [-0.4, -0.2) is 52.0 Å². The molecular formula is C13H22LiNO2+. The van der Waals surface area contributed by atoms with Crippen LogP contribution in [-0.2, 0) is 9.47 Å². The molecule has 0 N–H and O–H groups in total. The fourth-order valence-corrected chi connectivity index (χ4v) is 1.64. The molecule has 1 fully saturated rings. The van der Waals surface area contributed by atoms with Crippen molar-refractivity contribution in [3.05, 3.63) is 31.6 Å². The Balaban J connectivity index is 0.00000256. The van der Waals surface area contributed by atoms with Gasteiger partial charge in [0.1, 0.15) is 0 Å². The van der Waals surface area contributed by atoms with Gasteiger partial charge in [-0.2, -0.15) is 0 Å². The van der Waals surface area contributed by atoms with Crippen molar-refractivity contribution >= 4 is 0 Å². The molecule has 0 aromatic heterocycles. The van der Waals surface area contributed by atoms with Gasteiger partial charge < -0.3 is 9.47 Å². The molecule has 0 spiro atoms. The van der Waals surface area contributed by atoms with E-state index < -0.39 is 0 Å². The van der Waals surface area contributed by atoms with Gasteiger partial charge in [0.15, 0.2) is 0 Å². The Kier molecular flexibility index (Phi) is 11.9. The number of rotatable bonds is 9. The molecule has 0 aromatic rings. The normalized spacial score (nSPS) is 16.4. The van der Waals surface area contributed by atoms with Crippen LogP contribution in [0.4, 0.5) is 0 Å². The number of ether oxygens (including phenoxy) is 2. The molecule has 0 saturated heterocycles. The molecule has 1 rings (SSSR count). The van der Waals surface area contributed by atoms with Crippen LogP contribution in [0.5, 0.6) is 0 Å². The Hall–Kier alpha value is 0.477. The minimum Gasteiger partial charge on any atom is -0.383 e. The summed E-state index contributed by atoms with van der Waals surface area (Å²) in [6, 6.07) is 0. The van der Waals surface area contributed by atoms with Crippen molar-refractivity contribution in [1.29, 1.82) is 0 Å². The molecule has 0 aliphatic heterocycles. The molecule has 0 amide bonds. The Morgan fingerprint density at radius 2 is 1.47 bits per heavy atom. The van der Waals surface area contributed by atoms with Crippen LogP contribution in [0, 0.1) is 31.6 Å². The van der Waals surface area contributed by atoms with Gasteiger partial charge in [-0.25, -0.2) is 0 Å². The van der Waals surface area contributed by atoms with E-state index in [-0.39, 0.29) is 18.9 Å². The molecule has 1 aliphatic carbocycles. The first-order valence-corrected chi connectivity index (χ1v) is 5.77. The van der Waals surface area contributed by atoms with Crippen LogP contribution in [0.2, 0.25) is 0 Å². The summed E-state index contributed by atoms with van der Waals surface area (Å²) in [5.41, 5.74) is 0. The van der Waals surface area contributed by atoms with E-state index in [2.05, 4.69) is 30.6 Å². The van der Waals surface area contributed by atoms with E-state index in [0.29, 0.717) is 0 Å². The van der Waals surface area contributed by atoms with Gasteiger partial charge in [0.2, 0.25) is 0 Å². The molecule has 0 bridgehead atoms. The van der Waals surface area contributed by atoms with Crippen molar-refractivity contribution in [2.75, 3.05) is 47.1 Å². The predicted octanol–water partition coefficient (Wildman–Crippen LogP) is -1.62. The van der Waals surface area contributed by atoms with Crippen LogP contribution >= 0.6 is 0 Å². The van der Waals surface area contributed by atoms with Gasteiger partial charge in [-0.1, -0.05) is 0 Å². The van der Waals surface area contributed by atoms with E-state index in [0.717, 1.165) is 39.3 Å². The summed E-state index contributed by atoms with van der Waals surface area (Å²) in [5, 5.41) is 0. The molecule has 0 aromatic carbocycles.